The van der Waals surface area contributed by atoms with Crippen molar-refractivity contribution in [1.82, 2.24) is 4.90 Å². The fourth-order valence-electron chi connectivity index (χ4n) is 2.69. The lowest BCUT2D eigenvalue weighted by Crippen LogP contribution is -2.54. The van der Waals surface area contributed by atoms with Gasteiger partial charge in [-0.3, -0.25) is 4.79 Å². The van der Waals surface area contributed by atoms with E-state index in [9.17, 15) is 9.59 Å². The predicted molar refractivity (Wildman–Crippen MR) is 85.7 cm³/mol. The Bertz CT molecular complexity index is 543. The van der Waals surface area contributed by atoms with Crippen LogP contribution in [0.4, 0.5) is 0 Å². The van der Waals surface area contributed by atoms with E-state index in [4.69, 9.17) is 16.3 Å². The molecule has 0 spiro atoms. The summed E-state index contributed by atoms with van der Waals surface area (Å²) >= 11 is 5.92. The number of aldehydes is 1. The maximum Gasteiger partial charge on any atom is 0.253 e. The molecule has 0 aromatic heterocycles. The number of morpholine rings is 1. The molecule has 0 bridgehead atoms. The third-order valence-electron chi connectivity index (χ3n) is 3.89. The highest BCUT2D eigenvalue weighted by atomic mass is 35.5. The van der Waals surface area contributed by atoms with Crippen molar-refractivity contribution in [2.75, 3.05) is 6.61 Å². The smallest absolute Gasteiger partial charge is 0.253 e. The van der Waals surface area contributed by atoms with E-state index in [2.05, 4.69) is 6.58 Å². The summed E-state index contributed by atoms with van der Waals surface area (Å²) in [5, 5.41) is 0.630. The van der Waals surface area contributed by atoms with Crippen LogP contribution >= 0.6 is 11.6 Å². The summed E-state index contributed by atoms with van der Waals surface area (Å²) in [5.74, 6) is -0.162. The summed E-state index contributed by atoms with van der Waals surface area (Å²) in [4.78, 5) is 25.7. The van der Waals surface area contributed by atoms with Gasteiger partial charge in [0.05, 0.1) is 18.7 Å². The number of hydrogen-bond donors (Lipinski definition) is 0. The van der Waals surface area contributed by atoms with E-state index >= 15 is 0 Å². The first-order chi connectivity index (χ1) is 10.6. The molecule has 1 aromatic carbocycles. The van der Waals surface area contributed by atoms with Crippen molar-refractivity contribution < 1.29 is 14.3 Å². The maximum atomic E-state index is 12.7. The first-order valence-corrected chi connectivity index (χ1v) is 7.75. The van der Waals surface area contributed by atoms with Gasteiger partial charge in [-0.05, 0) is 24.1 Å². The first kappa shape index (κ1) is 16.7. The minimum atomic E-state index is -0.560. The summed E-state index contributed by atoms with van der Waals surface area (Å²) in [7, 11) is 0. The molecule has 1 heterocycles. The van der Waals surface area contributed by atoms with E-state index in [1.54, 1.807) is 23.1 Å². The topological polar surface area (TPSA) is 46.6 Å². The molecule has 0 radical (unpaired) electrons. The lowest BCUT2D eigenvalue weighted by Gasteiger charge is -2.42. The Hall–Kier alpha value is -1.65. The van der Waals surface area contributed by atoms with Crippen molar-refractivity contribution in [3.63, 3.8) is 0 Å². The van der Waals surface area contributed by atoms with E-state index in [0.717, 1.165) is 11.8 Å². The molecule has 5 heteroatoms. The van der Waals surface area contributed by atoms with Gasteiger partial charge in [-0.15, -0.1) is 6.58 Å². The van der Waals surface area contributed by atoms with Crippen LogP contribution in [0.25, 0.3) is 0 Å². The monoisotopic (exact) mass is 321 g/mol. The largest absolute Gasteiger partial charge is 0.366 e. The van der Waals surface area contributed by atoms with Gasteiger partial charge >= 0.3 is 0 Å². The number of rotatable bonds is 6. The molecule has 0 aliphatic carbocycles. The number of halogens is 1. The molecule has 1 saturated heterocycles. The Morgan fingerprint density at radius 2 is 2.14 bits per heavy atom. The van der Waals surface area contributed by atoms with Gasteiger partial charge in [0, 0.05) is 11.4 Å². The van der Waals surface area contributed by atoms with Crippen LogP contribution in [0.2, 0.25) is 5.02 Å². The molecule has 3 unspecified atom stereocenters. The Balaban J connectivity index is 2.34. The van der Waals surface area contributed by atoms with E-state index in [1.807, 2.05) is 19.1 Å². The highest BCUT2D eigenvalue weighted by molar-refractivity contribution is 6.30. The summed E-state index contributed by atoms with van der Waals surface area (Å²) in [6, 6.07) is 6.55. The first-order valence-electron chi connectivity index (χ1n) is 7.37. The molecule has 2 rings (SSSR count). The van der Waals surface area contributed by atoms with Crippen LogP contribution in [0.3, 0.4) is 0 Å². The van der Waals surface area contributed by atoms with Crippen LogP contribution in [0.15, 0.2) is 36.9 Å². The summed E-state index contributed by atoms with van der Waals surface area (Å²) in [5.41, 5.74) is 0.912. The second-order valence-electron chi connectivity index (χ2n) is 5.27. The minimum Gasteiger partial charge on any atom is -0.366 e. The fraction of sp³-hybridized carbons (Fsp3) is 0.412. The van der Waals surface area contributed by atoms with Crippen LogP contribution in [0, 0.1) is 0 Å². The molecule has 4 nitrogen and oxygen atoms in total. The van der Waals surface area contributed by atoms with Gasteiger partial charge < -0.3 is 14.4 Å². The quantitative estimate of drug-likeness (QED) is 0.597. The lowest BCUT2D eigenvalue weighted by molar-refractivity contribution is -0.164. The zero-order valence-electron chi connectivity index (χ0n) is 12.6. The molecule has 1 fully saturated rings. The molecule has 1 amide bonds. The fourth-order valence-corrected chi connectivity index (χ4v) is 2.82. The van der Waals surface area contributed by atoms with Gasteiger partial charge in [-0.1, -0.05) is 36.7 Å². The Morgan fingerprint density at radius 1 is 1.45 bits per heavy atom. The zero-order valence-corrected chi connectivity index (χ0v) is 13.3. The third kappa shape index (κ3) is 3.39. The number of carbonyl (C=O) groups excluding carboxylic acids is 2. The number of benzene rings is 1. The van der Waals surface area contributed by atoms with Crippen molar-refractivity contribution in [3.8, 4) is 0 Å². The van der Waals surface area contributed by atoms with Crippen molar-refractivity contribution in [1.29, 1.82) is 0 Å². The van der Waals surface area contributed by atoms with Gasteiger partial charge in [0.25, 0.3) is 5.91 Å². The van der Waals surface area contributed by atoms with Crippen LogP contribution in [-0.4, -0.2) is 35.8 Å². The molecule has 118 valence electrons. The molecule has 0 saturated carbocycles. The Labute approximate surface area is 135 Å². The van der Waals surface area contributed by atoms with Gasteiger partial charge in [0.2, 0.25) is 0 Å². The van der Waals surface area contributed by atoms with Crippen molar-refractivity contribution in [2.24, 2.45) is 0 Å². The molecule has 1 aliphatic rings. The van der Waals surface area contributed by atoms with E-state index in [0.29, 0.717) is 24.5 Å². The van der Waals surface area contributed by atoms with Gasteiger partial charge in [-0.25, -0.2) is 0 Å². The average molecular weight is 322 g/mol. The number of ether oxygens (including phenoxy) is 1. The zero-order chi connectivity index (χ0) is 16.1. The van der Waals surface area contributed by atoms with Gasteiger partial charge in [0.1, 0.15) is 12.4 Å². The highest BCUT2D eigenvalue weighted by Crippen LogP contribution is 2.31. The van der Waals surface area contributed by atoms with Gasteiger partial charge in [-0.2, -0.15) is 0 Å². The summed E-state index contributed by atoms with van der Waals surface area (Å²) < 4.78 is 5.69. The molecule has 3 atom stereocenters. The molecular weight excluding hydrogens is 302 g/mol. The van der Waals surface area contributed by atoms with Crippen LogP contribution < -0.4 is 0 Å². The van der Waals surface area contributed by atoms with Crippen LogP contribution in [-0.2, 0) is 14.3 Å². The second kappa shape index (κ2) is 7.56. The van der Waals surface area contributed by atoms with Crippen LogP contribution in [0.1, 0.15) is 31.4 Å². The molecule has 1 aromatic rings. The van der Waals surface area contributed by atoms with Gasteiger partial charge in [0.15, 0.2) is 0 Å². The minimum absolute atomic E-state index is 0.162. The number of nitrogens with zero attached hydrogens (tertiary/aromatic N) is 1. The summed E-state index contributed by atoms with van der Waals surface area (Å²) in [6.07, 6.45) is 2.94. The number of amides is 1. The average Bonchev–Trinajstić information content (AvgIpc) is 2.53. The Morgan fingerprint density at radius 3 is 2.68 bits per heavy atom. The molecule has 22 heavy (non-hydrogen) atoms. The Kier molecular flexibility index (Phi) is 5.75. The molecule has 0 N–H and O–H groups in total. The maximum absolute atomic E-state index is 12.7. The van der Waals surface area contributed by atoms with E-state index < -0.39 is 12.1 Å². The summed E-state index contributed by atoms with van der Waals surface area (Å²) in [6.45, 7) is 5.90. The van der Waals surface area contributed by atoms with Crippen LogP contribution in [0.5, 0.6) is 0 Å². The normalized spacial score (nSPS) is 23.2. The SMILES string of the molecule is C=CCC1OCC(c2ccc(Cl)cc2)N(C(C=O)CC)C1=O. The lowest BCUT2D eigenvalue weighted by atomic mass is 9.99. The highest BCUT2D eigenvalue weighted by Gasteiger charge is 2.39. The molecular formula is C17H20ClNO3. The molecule has 1 aliphatic heterocycles. The third-order valence-corrected chi connectivity index (χ3v) is 4.14. The van der Waals surface area contributed by atoms with E-state index in [1.165, 1.54) is 0 Å². The van der Waals surface area contributed by atoms with Crippen molar-refractivity contribution >= 4 is 23.8 Å². The predicted octanol–water partition coefficient (Wildman–Crippen LogP) is 3.16. The van der Waals surface area contributed by atoms with E-state index in [-0.39, 0.29) is 11.9 Å². The second-order valence-corrected chi connectivity index (χ2v) is 5.71. The number of carbonyl (C=O) groups is 2. The van der Waals surface area contributed by atoms with Crippen molar-refractivity contribution in [2.45, 2.75) is 38.0 Å². The van der Waals surface area contributed by atoms with Crippen molar-refractivity contribution in [3.05, 3.63) is 47.5 Å². The number of hydrogen-bond acceptors (Lipinski definition) is 3. The standard InChI is InChI=1S/C17H20ClNO3/c1-3-5-16-17(21)19(14(4-2)10-20)15(11-22-16)12-6-8-13(18)9-7-12/h3,6-10,14-16H,1,4-5,11H2,2H3.